The van der Waals surface area contributed by atoms with Crippen LogP contribution < -0.4 is 15.0 Å². The first-order valence-electron chi connectivity index (χ1n) is 9.11. The number of ether oxygens (including phenoxy) is 1. The molecular formula is C20H23ClN3O2S+. The van der Waals surface area contributed by atoms with Gasteiger partial charge in [0.1, 0.15) is 30.0 Å². The fourth-order valence-electron chi connectivity index (χ4n) is 3.18. The van der Waals surface area contributed by atoms with E-state index in [1.165, 1.54) is 4.88 Å². The summed E-state index contributed by atoms with van der Waals surface area (Å²) >= 11 is 7.41. The van der Waals surface area contributed by atoms with Crippen molar-refractivity contribution in [3.63, 3.8) is 0 Å². The molecule has 2 N–H and O–H groups in total. The molecule has 0 bridgehead atoms. The average molecular weight is 405 g/mol. The van der Waals surface area contributed by atoms with Gasteiger partial charge in [-0.1, -0.05) is 11.6 Å². The summed E-state index contributed by atoms with van der Waals surface area (Å²) in [6, 6.07) is 9.50. The third-order valence-electron chi connectivity index (χ3n) is 4.61. The number of thiophene rings is 1. The third-order valence-corrected chi connectivity index (χ3v) is 6.07. The highest BCUT2D eigenvalue weighted by molar-refractivity contribution is 7.16. The largest absolute Gasteiger partial charge is 0.488 e. The van der Waals surface area contributed by atoms with Crippen LogP contribution in [0.3, 0.4) is 0 Å². The quantitative estimate of drug-likeness (QED) is 0.745. The van der Waals surface area contributed by atoms with E-state index in [1.54, 1.807) is 23.5 Å². The number of aryl methyl sites for hydroxylation is 1. The van der Waals surface area contributed by atoms with E-state index in [0.29, 0.717) is 35.3 Å². The number of halogens is 1. The van der Waals surface area contributed by atoms with Crippen molar-refractivity contribution in [2.75, 3.05) is 32.1 Å². The second-order valence-corrected chi connectivity index (χ2v) is 8.30. The Balaban J connectivity index is 1.48. The van der Waals surface area contributed by atoms with E-state index >= 15 is 0 Å². The Bertz CT molecular complexity index is 842. The van der Waals surface area contributed by atoms with Crippen LogP contribution in [0.25, 0.3) is 0 Å². The Hall–Kier alpha value is -2.07. The first kappa shape index (κ1) is 19.7. The number of anilines is 1. The van der Waals surface area contributed by atoms with Crippen molar-refractivity contribution >= 4 is 33.8 Å². The van der Waals surface area contributed by atoms with E-state index < -0.39 is 0 Å². The zero-order valence-corrected chi connectivity index (χ0v) is 16.9. The number of carbonyl (C=O) groups is 1. The number of nitrogens with zero attached hydrogens (tertiary/aromatic N) is 1. The monoisotopic (exact) mass is 404 g/mol. The van der Waals surface area contributed by atoms with Crippen molar-refractivity contribution in [2.24, 2.45) is 0 Å². The molecule has 0 fully saturated rings. The number of amides is 1. The van der Waals surface area contributed by atoms with Crippen LogP contribution in [-0.4, -0.2) is 32.7 Å². The number of rotatable bonds is 7. The minimum Gasteiger partial charge on any atom is -0.488 e. The predicted octanol–water partition coefficient (Wildman–Crippen LogP) is 2.68. The maximum Gasteiger partial charge on any atom is 0.280 e. The SMILES string of the molecule is C[NH+](CCOc1ccc(Cl)cc1)CC(=O)Nc1sc2c(c1C#N)CCCC2. The van der Waals surface area contributed by atoms with Crippen LogP contribution in [0.5, 0.6) is 5.75 Å². The average Bonchev–Trinajstić information content (AvgIpc) is 3.00. The maximum absolute atomic E-state index is 12.4. The molecule has 0 spiro atoms. The van der Waals surface area contributed by atoms with Crippen LogP contribution in [-0.2, 0) is 17.6 Å². The van der Waals surface area contributed by atoms with Crippen LogP contribution in [0, 0.1) is 11.3 Å². The van der Waals surface area contributed by atoms with E-state index in [2.05, 4.69) is 11.4 Å². The number of benzene rings is 1. The van der Waals surface area contributed by atoms with Crippen LogP contribution in [0.1, 0.15) is 28.8 Å². The molecule has 1 unspecified atom stereocenters. The Morgan fingerprint density at radius 2 is 2.07 bits per heavy atom. The molecule has 5 nitrogen and oxygen atoms in total. The lowest BCUT2D eigenvalue weighted by Crippen LogP contribution is -3.10. The predicted molar refractivity (Wildman–Crippen MR) is 108 cm³/mol. The molecule has 1 aliphatic carbocycles. The van der Waals surface area contributed by atoms with Gasteiger partial charge in [-0.15, -0.1) is 11.3 Å². The Kier molecular flexibility index (Phi) is 6.73. The molecule has 3 rings (SSSR count). The van der Waals surface area contributed by atoms with Gasteiger partial charge in [-0.05, 0) is 55.5 Å². The summed E-state index contributed by atoms with van der Waals surface area (Å²) in [5.41, 5.74) is 1.80. The molecule has 1 heterocycles. The molecule has 1 aromatic heterocycles. The minimum absolute atomic E-state index is 0.0749. The van der Waals surface area contributed by atoms with Gasteiger partial charge in [0.05, 0.1) is 12.6 Å². The van der Waals surface area contributed by atoms with Crippen molar-refractivity contribution in [3.8, 4) is 11.8 Å². The van der Waals surface area contributed by atoms with Crippen LogP contribution in [0.15, 0.2) is 24.3 Å². The third kappa shape index (κ3) is 5.23. The fraction of sp³-hybridized carbons (Fsp3) is 0.400. The second-order valence-electron chi connectivity index (χ2n) is 6.76. The van der Waals surface area contributed by atoms with E-state index in [4.69, 9.17) is 16.3 Å². The van der Waals surface area contributed by atoms with Crippen LogP contribution >= 0.6 is 22.9 Å². The van der Waals surface area contributed by atoms with E-state index in [-0.39, 0.29) is 5.91 Å². The Labute approximate surface area is 168 Å². The number of quaternary nitrogens is 1. The highest BCUT2D eigenvalue weighted by Gasteiger charge is 2.22. The van der Waals surface area contributed by atoms with Crippen LogP contribution in [0.2, 0.25) is 5.02 Å². The Morgan fingerprint density at radius 3 is 2.81 bits per heavy atom. The summed E-state index contributed by atoms with van der Waals surface area (Å²) in [5, 5.41) is 13.8. The normalized spacial score (nSPS) is 14.1. The number of likely N-dealkylation sites (N-methyl/N-ethyl adjacent to an activating group) is 1. The summed E-state index contributed by atoms with van der Waals surface area (Å²) in [6.45, 7) is 1.54. The van der Waals surface area contributed by atoms with Crippen molar-refractivity contribution in [1.29, 1.82) is 5.26 Å². The standard InChI is InChI=1S/C20H22ClN3O2S/c1-24(10-11-26-15-8-6-14(21)7-9-15)13-19(25)23-20-17(12-22)16-4-2-3-5-18(16)27-20/h6-9H,2-5,10-11,13H2,1H3,(H,23,25)/p+1. The van der Waals surface area contributed by atoms with E-state index in [9.17, 15) is 10.1 Å². The van der Waals surface area contributed by atoms with Gasteiger partial charge in [0, 0.05) is 9.90 Å². The molecule has 0 radical (unpaired) electrons. The molecule has 2 aromatic rings. The molecule has 1 atom stereocenters. The lowest BCUT2D eigenvalue weighted by molar-refractivity contribution is -0.871. The molecule has 1 aromatic carbocycles. The van der Waals surface area contributed by atoms with Crippen LogP contribution in [0.4, 0.5) is 5.00 Å². The summed E-state index contributed by atoms with van der Waals surface area (Å²) in [7, 11) is 1.95. The highest BCUT2D eigenvalue weighted by Crippen LogP contribution is 2.37. The molecule has 1 aliphatic rings. The summed E-state index contributed by atoms with van der Waals surface area (Å²) in [5.74, 6) is 0.688. The molecule has 0 saturated heterocycles. The van der Waals surface area contributed by atoms with Gasteiger partial charge < -0.3 is 15.0 Å². The first-order valence-corrected chi connectivity index (χ1v) is 10.3. The van der Waals surface area contributed by atoms with Gasteiger partial charge in [-0.25, -0.2) is 0 Å². The summed E-state index contributed by atoms with van der Waals surface area (Å²) < 4.78 is 5.67. The minimum atomic E-state index is -0.0749. The van der Waals surface area contributed by atoms with Gasteiger partial charge in [-0.2, -0.15) is 5.26 Å². The maximum atomic E-state index is 12.4. The van der Waals surface area contributed by atoms with Gasteiger partial charge in [0.2, 0.25) is 0 Å². The number of hydrogen-bond acceptors (Lipinski definition) is 4. The van der Waals surface area contributed by atoms with Crippen molar-refractivity contribution in [1.82, 2.24) is 0 Å². The Morgan fingerprint density at radius 1 is 1.33 bits per heavy atom. The molecule has 1 amide bonds. The fourth-order valence-corrected chi connectivity index (χ4v) is 4.56. The first-order chi connectivity index (χ1) is 13.1. The molecule has 0 saturated carbocycles. The molecular weight excluding hydrogens is 382 g/mol. The number of nitrogens with one attached hydrogen (secondary N) is 2. The number of nitriles is 1. The summed E-state index contributed by atoms with van der Waals surface area (Å²) in [6.07, 6.45) is 4.23. The van der Waals surface area contributed by atoms with Crippen molar-refractivity contribution in [2.45, 2.75) is 25.7 Å². The lowest BCUT2D eigenvalue weighted by atomic mass is 9.96. The van der Waals surface area contributed by atoms with Crippen molar-refractivity contribution in [3.05, 3.63) is 45.3 Å². The second kappa shape index (κ2) is 9.23. The van der Waals surface area contributed by atoms with E-state index in [0.717, 1.165) is 41.9 Å². The topological polar surface area (TPSA) is 66.6 Å². The molecule has 7 heteroatoms. The number of carbonyl (C=O) groups excluding carboxylic acids is 1. The zero-order chi connectivity index (χ0) is 19.2. The number of fused-ring (bicyclic) bond motifs is 1. The molecule has 0 aliphatic heterocycles. The lowest BCUT2D eigenvalue weighted by Gasteiger charge is -2.14. The smallest absolute Gasteiger partial charge is 0.280 e. The van der Waals surface area contributed by atoms with Gasteiger partial charge in [0.25, 0.3) is 5.91 Å². The molecule has 142 valence electrons. The van der Waals surface area contributed by atoms with Gasteiger partial charge >= 0.3 is 0 Å². The highest BCUT2D eigenvalue weighted by atomic mass is 35.5. The number of hydrogen-bond donors (Lipinski definition) is 2. The van der Waals surface area contributed by atoms with Gasteiger partial charge in [-0.3, -0.25) is 4.79 Å². The van der Waals surface area contributed by atoms with E-state index in [1.807, 2.05) is 19.2 Å². The molecule has 27 heavy (non-hydrogen) atoms. The van der Waals surface area contributed by atoms with Gasteiger partial charge in [0.15, 0.2) is 6.54 Å². The van der Waals surface area contributed by atoms with Crippen molar-refractivity contribution < 1.29 is 14.4 Å². The summed E-state index contributed by atoms with van der Waals surface area (Å²) in [4.78, 5) is 14.7. The zero-order valence-electron chi connectivity index (χ0n) is 15.3.